The number of hydrogen-bond donors (Lipinski definition) is 1. The minimum Gasteiger partial charge on any atom is -0.369 e. The zero-order valence-corrected chi connectivity index (χ0v) is 11.5. The van der Waals surface area contributed by atoms with Gasteiger partial charge in [-0.2, -0.15) is 5.10 Å². The van der Waals surface area contributed by atoms with Gasteiger partial charge >= 0.3 is 0 Å². The van der Waals surface area contributed by atoms with Gasteiger partial charge < -0.3 is 10.2 Å². The van der Waals surface area contributed by atoms with Gasteiger partial charge in [0.05, 0.1) is 11.6 Å². The molecule has 7 heteroatoms. The van der Waals surface area contributed by atoms with Crippen molar-refractivity contribution in [2.75, 3.05) is 25.0 Å². The molecule has 0 unspecified atom stereocenters. The van der Waals surface area contributed by atoms with Crippen molar-refractivity contribution < 1.29 is 4.79 Å². The Balaban J connectivity index is 1.61. The summed E-state index contributed by atoms with van der Waals surface area (Å²) in [5.74, 6) is 0.948. The van der Waals surface area contributed by atoms with E-state index in [2.05, 4.69) is 20.4 Å². The van der Waals surface area contributed by atoms with Crippen LogP contribution in [0.15, 0.2) is 12.5 Å². The highest BCUT2D eigenvalue weighted by Gasteiger charge is 2.17. The van der Waals surface area contributed by atoms with Gasteiger partial charge in [0.15, 0.2) is 5.65 Å². The van der Waals surface area contributed by atoms with Crippen molar-refractivity contribution in [3.8, 4) is 0 Å². The lowest BCUT2D eigenvalue weighted by atomic mass is 10.3. The Morgan fingerprint density at radius 1 is 1.35 bits per heavy atom. The third-order valence-corrected chi connectivity index (χ3v) is 3.62. The lowest BCUT2D eigenvalue weighted by molar-refractivity contribution is -0.129. The van der Waals surface area contributed by atoms with Gasteiger partial charge in [0.25, 0.3) is 0 Å². The first-order chi connectivity index (χ1) is 9.75. The predicted molar refractivity (Wildman–Crippen MR) is 75.2 cm³/mol. The number of carbonyl (C=O) groups is 1. The highest BCUT2D eigenvalue weighted by atomic mass is 16.2. The smallest absolute Gasteiger partial charge is 0.224 e. The molecule has 1 aliphatic heterocycles. The fraction of sp³-hybridized carbons (Fsp3) is 0.538. The monoisotopic (exact) mass is 274 g/mol. The Labute approximate surface area is 117 Å². The molecule has 0 aromatic carbocycles. The maximum Gasteiger partial charge on any atom is 0.224 e. The summed E-state index contributed by atoms with van der Waals surface area (Å²) in [7, 11) is 1.84. The van der Waals surface area contributed by atoms with Crippen LogP contribution >= 0.6 is 0 Å². The number of aromatic nitrogens is 4. The van der Waals surface area contributed by atoms with Gasteiger partial charge in [-0.3, -0.25) is 9.48 Å². The van der Waals surface area contributed by atoms with Crippen molar-refractivity contribution in [1.82, 2.24) is 24.6 Å². The minimum atomic E-state index is 0.214. The molecule has 1 amide bonds. The van der Waals surface area contributed by atoms with Crippen LogP contribution in [0.5, 0.6) is 0 Å². The number of aryl methyl sites for hydroxylation is 1. The van der Waals surface area contributed by atoms with Crippen molar-refractivity contribution in [3.63, 3.8) is 0 Å². The molecule has 0 atom stereocenters. The molecule has 0 saturated carbocycles. The molecule has 0 spiro atoms. The first-order valence-electron chi connectivity index (χ1n) is 6.90. The molecule has 1 aliphatic rings. The Kier molecular flexibility index (Phi) is 3.49. The molecule has 1 N–H and O–H groups in total. The first kappa shape index (κ1) is 12.8. The van der Waals surface area contributed by atoms with Crippen LogP contribution in [0.1, 0.15) is 19.3 Å². The molecule has 3 rings (SSSR count). The van der Waals surface area contributed by atoms with E-state index in [1.165, 1.54) is 6.33 Å². The number of anilines is 1. The molecule has 2 aromatic heterocycles. The first-order valence-corrected chi connectivity index (χ1v) is 6.90. The molecule has 106 valence electrons. The molecule has 1 fully saturated rings. The quantitative estimate of drug-likeness (QED) is 0.892. The average molecular weight is 274 g/mol. The van der Waals surface area contributed by atoms with Crippen LogP contribution in [0, 0.1) is 0 Å². The van der Waals surface area contributed by atoms with Gasteiger partial charge in [0, 0.05) is 33.1 Å². The van der Waals surface area contributed by atoms with E-state index < -0.39 is 0 Å². The van der Waals surface area contributed by atoms with Crippen molar-refractivity contribution >= 4 is 22.8 Å². The second-order valence-electron chi connectivity index (χ2n) is 4.99. The summed E-state index contributed by atoms with van der Waals surface area (Å²) in [6.45, 7) is 2.38. The van der Waals surface area contributed by atoms with Crippen LogP contribution in [0.25, 0.3) is 11.0 Å². The topological polar surface area (TPSA) is 75.9 Å². The van der Waals surface area contributed by atoms with E-state index in [0.717, 1.165) is 42.8 Å². The minimum absolute atomic E-state index is 0.214. The van der Waals surface area contributed by atoms with E-state index in [1.54, 1.807) is 10.9 Å². The second-order valence-corrected chi connectivity index (χ2v) is 4.99. The number of nitrogens with zero attached hydrogens (tertiary/aromatic N) is 5. The van der Waals surface area contributed by atoms with E-state index in [9.17, 15) is 4.79 Å². The third-order valence-electron chi connectivity index (χ3n) is 3.62. The molecule has 20 heavy (non-hydrogen) atoms. The molecular weight excluding hydrogens is 256 g/mol. The summed E-state index contributed by atoms with van der Waals surface area (Å²) in [5.41, 5.74) is 0.786. The standard InChI is InChI=1S/C13H18N6O/c1-18-13-10(8-17-18)12(15-9-16-13)14-5-4-11(20)19-6-2-3-7-19/h8-9H,2-7H2,1H3,(H,14,15,16). The summed E-state index contributed by atoms with van der Waals surface area (Å²) < 4.78 is 1.71. The number of carbonyl (C=O) groups excluding carboxylic acids is 1. The van der Waals surface area contributed by atoms with E-state index in [4.69, 9.17) is 0 Å². The van der Waals surface area contributed by atoms with Gasteiger partial charge in [-0.15, -0.1) is 0 Å². The fourth-order valence-electron chi connectivity index (χ4n) is 2.52. The number of likely N-dealkylation sites (tertiary alicyclic amines) is 1. The third kappa shape index (κ3) is 2.43. The van der Waals surface area contributed by atoms with Gasteiger partial charge in [-0.1, -0.05) is 0 Å². The van der Waals surface area contributed by atoms with Crippen LogP contribution in [0.2, 0.25) is 0 Å². The molecule has 7 nitrogen and oxygen atoms in total. The largest absolute Gasteiger partial charge is 0.369 e. The summed E-state index contributed by atoms with van der Waals surface area (Å²) >= 11 is 0. The van der Waals surface area contributed by atoms with E-state index in [-0.39, 0.29) is 5.91 Å². The Hall–Kier alpha value is -2.18. The lowest BCUT2D eigenvalue weighted by Crippen LogP contribution is -2.29. The van der Waals surface area contributed by atoms with Crippen LogP contribution in [-0.2, 0) is 11.8 Å². The summed E-state index contributed by atoms with van der Waals surface area (Å²) in [6.07, 6.45) is 5.99. The fourth-order valence-corrected chi connectivity index (χ4v) is 2.52. The molecular formula is C13H18N6O. The number of hydrogen-bond acceptors (Lipinski definition) is 5. The summed E-state index contributed by atoms with van der Waals surface area (Å²) in [6, 6.07) is 0. The molecule has 1 saturated heterocycles. The highest BCUT2D eigenvalue weighted by Crippen LogP contribution is 2.17. The molecule has 0 aliphatic carbocycles. The lowest BCUT2D eigenvalue weighted by Gasteiger charge is -2.15. The normalized spacial score (nSPS) is 14.9. The van der Waals surface area contributed by atoms with Gasteiger partial charge in [0.2, 0.25) is 5.91 Å². The zero-order valence-electron chi connectivity index (χ0n) is 11.5. The Bertz CT molecular complexity index is 616. The van der Waals surface area contributed by atoms with E-state index in [0.29, 0.717) is 13.0 Å². The number of rotatable bonds is 4. The van der Waals surface area contributed by atoms with Crippen LogP contribution in [-0.4, -0.2) is 50.2 Å². The molecule has 0 radical (unpaired) electrons. The highest BCUT2D eigenvalue weighted by molar-refractivity contribution is 5.86. The second kappa shape index (κ2) is 5.44. The number of amides is 1. The summed E-state index contributed by atoms with van der Waals surface area (Å²) in [4.78, 5) is 22.3. The van der Waals surface area contributed by atoms with Gasteiger partial charge in [0.1, 0.15) is 12.1 Å². The van der Waals surface area contributed by atoms with Crippen LogP contribution in [0.3, 0.4) is 0 Å². The van der Waals surface area contributed by atoms with Crippen LogP contribution < -0.4 is 5.32 Å². The van der Waals surface area contributed by atoms with Crippen molar-refractivity contribution in [2.45, 2.75) is 19.3 Å². The number of fused-ring (bicyclic) bond motifs is 1. The molecule has 2 aromatic rings. The Morgan fingerprint density at radius 3 is 2.95 bits per heavy atom. The van der Waals surface area contributed by atoms with Crippen molar-refractivity contribution in [3.05, 3.63) is 12.5 Å². The maximum atomic E-state index is 11.9. The van der Waals surface area contributed by atoms with E-state index in [1.807, 2.05) is 11.9 Å². The van der Waals surface area contributed by atoms with Crippen LogP contribution in [0.4, 0.5) is 5.82 Å². The molecule has 3 heterocycles. The maximum absolute atomic E-state index is 11.9. The zero-order chi connectivity index (χ0) is 13.9. The predicted octanol–water partition coefficient (Wildman–Crippen LogP) is 0.788. The van der Waals surface area contributed by atoms with Gasteiger partial charge in [-0.05, 0) is 12.8 Å². The van der Waals surface area contributed by atoms with Crippen molar-refractivity contribution in [1.29, 1.82) is 0 Å². The SMILES string of the molecule is Cn1ncc2c(NCCC(=O)N3CCCC3)ncnc21. The number of nitrogens with one attached hydrogen (secondary N) is 1. The van der Waals surface area contributed by atoms with E-state index >= 15 is 0 Å². The van der Waals surface area contributed by atoms with Gasteiger partial charge in [-0.25, -0.2) is 9.97 Å². The average Bonchev–Trinajstić information content (AvgIpc) is 3.10. The Morgan fingerprint density at radius 2 is 2.15 bits per heavy atom. The summed E-state index contributed by atoms with van der Waals surface area (Å²) in [5, 5.41) is 8.24. The molecule has 0 bridgehead atoms. The van der Waals surface area contributed by atoms with Crippen molar-refractivity contribution in [2.24, 2.45) is 7.05 Å².